The summed E-state index contributed by atoms with van der Waals surface area (Å²) >= 11 is 3.45. The molecule has 2 rings (SSSR count). The molecule has 4 nitrogen and oxygen atoms in total. The molecule has 1 aliphatic heterocycles. The monoisotopic (exact) mass is 352 g/mol. The SMILES string of the molecule is CCC(C)C1NC(=O)C(C)N(c2cc(C)cc(Br)c2)C1=O. The molecule has 0 aromatic heterocycles. The van der Waals surface area contributed by atoms with Gasteiger partial charge in [0, 0.05) is 10.2 Å². The molecule has 114 valence electrons. The number of nitrogens with one attached hydrogen (secondary N) is 1. The Morgan fingerprint density at radius 2 is 2.00 bits per heavy atom. The lowest BCUT2D eigenvalue weighted by Crippen LogP contribution is -2.64. The number of piperazine rings is 1. The van der Waals surface area contributed by atoms with Crippen LogP contribution in [0.5, 0.6) is 0 Å². The van der Waals surface area contributed by atoms with Gasteiger partial charge in [0.15, 0.2) is 0 Å². The number of carbonyl (C=O) groups is 2. The molecule has 0 bridgehead atoms. The highest BCUT2D eigenvalue weighted by Gasteiger charge is 2.40. The highest BCUT2D eigenvalue weighted by molar-refractivity contribution is 9.10. The molecule has 3 atom stereocenters. The van der Waals surface area contributed by atoms with Crippen molar-refractivity contribution < 1.29 is 9.59 Å². The highest BCUT2D eigenvalue weighted by atomic mass is 79.9. The van der Waals surface area contributed by atoms with Crippen molar-refractivity contribution in [3.05, 3.63) is 28.2 Å². The molecule has 1 aliphatic rings. The number of rotatable bonds is 3. The fourth-order valence-electron chi connectivity index (χ4n) is 2.62. The summed E-state index contributed by atoms with van der Waals surface area (Å²) in [5, 5.41) is 2.85. The molecule has 0 aliphatic carbocycles. The van der Waals surface area contributed by atoms with Gasteiger partial charge in [-0.2, -0.15) is 0 Å². The molecule has 1 aromatic rings. The predicted octanol–water partition coefficient (Wildman–Crippen LogP) is 3.02. The van der Waals surface area contributed by atoms with Crippen molar-refractivity contribution in [2.75, 3.05) is 4.90 Å². The van der Waals surface area contributed by atoms with Crippen LogP contribution >= 0.6 is 15.9 Å². The fraction of sp³-hybridized carbons (Fsp3) is 0.500. The molecule has 1 heterocycles. The van der Waals surface area contributed by atoms with Gasteiger partial charge in [-0.3, -0.25) is 14.5 Å². The second-order valence-corrected chi connectivity index (χ2v) is 6.66. The average Bonchev–Trinajstić information content (AvgIpc) is 2.41. The van der Waals surface area contributed by atoms with E-state index in [-0.39, 0.29) is 17.7 Å². The minimum absolute atomic E-state index is 0.0334. The van der Waals surface area contributed by atoms with Crippen LogP contribution in [0.1, 0.15) is 32.8 Å². The zero-order chi connectivity index (χ0) is 15.7. The van der Waals surface area contributed by atoms with E-state index in [1.807, 2.05) is 39.0 Å². The normalized spacial score (nSPS) is 24.0. The van der Waals surface area contributed by atoms with Crippen LogP contribution < -0.4 is 10.2 Å². The van der Waals surface area contributed by atoms with Gasteiger partial charge in [0.1, 0.15) is 12.1 Å². The van der Waals surface area contributed by atoms with Gasteiger partial charge < -0.3 is 5.32 Å². The van der Waals surface area contributed by atoms with E-state index in [0.29, 0.717) is 0 Å². The van der Waals surface area contributed by atoms with Crippen LogP contribution in [-0.4, -0.2) is 23.9 Å². The first-order valence-electron chi connectivity index (χ1n) is 7.25. The largest absolute Gasteiger partial charge is 0.342 e. The summed E-state index contributed by atoms with van der Waals surface area (Å²) in [6, 6.07) is 4.86. The number of nitrogens with zero attached hydrogens (tertiary/aromatic N) is 1. The number of hydrogen-bond acceptors (Lipinski definition) is 2. The third kappa shape index (κ3) is 3.12. The molecular weight excluding hydrogens is 332 g/mol. The first kappa shape index (κ1) is 16.0. The smallest absolute Gasteiger partial charge is 0.250 e. The van der Waals surface area contributed by atoms with Crippen LogP contribution in [0.3, 0.4) is 0 Å². The quantitative estimate of drug-likeness (QED) is 0.908. The van der Waals surface area contributed by atoms with E-state index in [1.54, 1.807) is 11.8 Å². The maximum absolute atomic E-state index is 12.8. The molecule has 5 heteroatoms. The molecule has 1 aromatic carbocycles. The van der Waals surface area contributed by atoms with Gasteiger partial charge in [0.2, 0.25) is 5.91 Å². The Balaban J connectivity index is 2.43. The van der Waals surface area contributed by atoms with Crippen molar-refractivity contribution in [2.24, 2.45) is 5.92 Å². The van der Waals surface area contributed by atoms with Gasteiger partial charge in [0.25, 0.3) is 5.91 Å². The van der Waals surface area contributed by atoms with Crippen molar-refractivity contribution >= 4 is 33.4 Å². The lowest BCUT2D eigenvalue weighted by Gasteiger charge is -2.39. The summed E-state index contributed by atoms with van der Waals surface area (Å²) in [7, 11) is 0. The van der Waals surface area contributed by atoms with Crippen LogP contribution in [0.4, 0.5) is 5.69 Å². The van der Waals surface area contributed by atoms with Gasteiger partial charge in [0.05, 0.1) is 0 Å². The topological polar surface area (TPSA) is 49.4 Å². The third-order valence-corrected chi connectivity index (χ3v) is 4.54. The standard InChI is InChI=1S/C16H21BrN2O2/c1-5-10(3)14-16(21)19(11(4)15(20)18-14)13-7-9(2)6-12(17)8-13/h6-8,10-11,14H,5H2,1-4H3,(H,18,20). The van der Waals surface area contributed by atoms with Gasteiger partial charge in [-0.05, 0) is 43.5 Å². The number of halogens is 1. The van der Waals surface area contributed by atoms with Crippen LogP contribution in [0.2, 0.25) is 0 Å². The molecule has 0 radical (unpaired) electrons. The van der Waals surface area contributed by atoms with E-state index in [2.05, 4.69) is 21.2 Å². The van der Waals surface area contributed by atoms with Crippen LogP contribution in [0, 0.1) is 12.8 Å². The van der Waals surface area contributed by atoms with Gasteiger partial charge in [-0.25, -0.2) is 0 Å². The highest BCUT2D eigenvalue weighted by Crippen LogP contribution is 2.28. The Bertz CT molecular complexity index is 553. The summed E-state index contributed by atoms with van der Waals surface area (Å²) in [5.74, 6) is -0.0174. The lowest BCUT2D eigenvalue weighted by molar-refractivity contribution is -0.134. The van der Waals surface area contributed by atoms with Crippen molar-refractivity contribution in [3.63, 3.8) is 0 Å². The van der Waals surface area contributed by atoms with Crippen molar-refractivity contribution in [1.82, 2.24) is 5.32 Å². The molecule has 3 unspecified atom stereocenters. The second-order valence-electron chi connectivity index (χ2n) is 5.74. The van der Waals surface area contributed by atoms with E-state index in [9.17, 15) is 9.59 Å². The Morgan fingerprint density at radius 3 is 2.57 bits per heavy atom. The van der Waals surface area contributed by atoms with Crippen molar-refractivity contribution in [2.45, 2.75) is 46.2 Å². The maximum atomic E-state index is 12.8. The van der Waals surface area contributed by atoms with E-state index in [0.717, 1.165) is 22.1 Å². The number of carbonyl (C=O) groups excluding carboxylic acids is 2. The average molecular weight is 353 g/mol. The first-order valence-corrected chi connectivity index (χ1v) is 8.05. The summed E-state index contributed by atoms with van der Waals surface area (Å²) in [5.41, 5.74) is 1.81. The number of amides is 2. The van der Waals surface area contributed by atoms with E-state index < -0.39 is 12.1 Å². The minimum atomic E-state index is -0.494. The number of hydrogen-bond donors (Lipinski definition) is 1. The molecular formula is C16H21BrN2O2. The molecule has 1 fully saturated rings. The Morgan fingerprint density at radius 1 is 1.33 bits per heavy atom. The first-order chi connectivity index (χ1) is 9.85. The summed E-state index contributed by atoms with van der Waals surface area (Å²) in [4.78, 5) is 26.6. The number of anilines is 1. The number of aryl methyl sites for hydroxylation is 1. The second kappa shape index (κ2) is 6.18. The van der Waals surface area contributed by atoms with E-state index in [4.69, 9.17) is 0 Å². The molecule has 0 spiro atoms. The molecule has 21 heavy (non-hydrogen) atoms. The zero-order valence-electron chi connectivity index (χ0n) is 12.8. The lowest BCUT2D eigenvalue weighted by atomic mass is 9.94. The maximum Gasteiger partial charge on any atom is 0.250 e. The van der Waals surface area contributed by atoms with Crippen LogP contribution in [-0.2, 0) is 9.59 Å². The van der Waals surface area contributed by atoms with Crippen molar-refractivity contribution in [3.8, 4) is 0 Å². The molecule has 1 N–H and O–H groups in total. The molecule has 2 amide bonds. The fourth-order valence-corrected chi connectivity index (χ4v) is 3.22. The van der Waals surface area contributed by atoms with Gasteiger partial charge in [-0.15, -0.1) is 0 Å². The predicted molar refractivity (Wildman–Crippen MR) is 87.2 cm³/mol. The summed E-state index contributed by atoms with van der Waals surface area (Å²) in [6.45, 7) is 7.74. The molecule has 1 saturated heterocycles. The zero-order valence-corrected chi connectivity index (χ0v) is 14.4. The Kier molecular flexibility index (Phi) is 4.71. The van der Waals surface area contributed by atoms with Gasteiger partial charge >= 0.3 is 0 Å². The molecule has 0 saturated carbocycles. The van der Waals surface area contributed by atoms with Crippen LogP contribution in [0.25, 0.3) is 0 Å². The van der Waals surface area contributed by atoms with Crippen LogP contribution in [0.15, 0.2) is 22.7 Å². The summed E-state index contributed by atoms with van der Waals surface area (Å²) in [6.07, 6.45) is 0.844. The van der Waals surface area contributed by atoms with E-state index >= 15 is 0 Å². The summed E-state index contributed by atoms with van der Waals surface area (Å²) < 4.78 is 0.906. The Labute approximate surface area is 134 Å². The minimum Gasteiger partial charge on any atom is -0.342 e. The van der Waals surface area contributed by atoms with Gasteiger partial charge in [-0.1, -0.05) is 36.2 Å². The van der Waals surface area contributed by atoms with Crippen molar-refractivity contribution in [1.29, 1.82) is 0 Å². The number of benzene rings is 1. The third-order valence-electron chi connectivity index (χ3n) is 4.09. The Hall–Kier alpha value is -1.36. The van der Waals surface area contributed by atoms with E-state index in [1.165, 1.54) is 0 Å².